The Morgan fingerprint density at radius 2 is 1.84 bits per heavy atom. The first-order chi connectivity index (χ1) is 8.78. The van der Waals surface area contributed by atoms with E-state index < -0.39 is 5.60 Å². The maximum absolute atomic E-state index is 12.0. The van der Waals surface area contributed by atoms with E-state index in [0.29, 0.717) is 11.3 Å². The molecule has 0 aliphatic heterocycles. The summed E-state index contributed by atoms with van der Waals surface area (Å²) in [5.41, 5.74) is 7.35. The highest BCUT2D eigenvalue weighted by atomic mass is 16.6. The van der Waals surface area contributed by atoms with Crippen LogP contribution < -0.4 is 10.6 Å². The second-order valence-corrected chi connectivity index (χ2v) is 5.45. The molecule has 0 aliphatic rings. The third-order valence-corrected chi connectivity index (χ3v) is 2.78. The van der Waals surface area contributed by atoms with Gasteiger partial charge in [0.15, 0.2) is 0 Å². The van der Waals surface area contributed by atoms with Gasteiger partial charge in [-0.1, -0.05) is 0 Å². The van der Waals surface area contributed by atoms with Crippen LogP contribution in [0.4, 0.5) is 11.4 Å². The fourth-order valence-corrected chi connectivity index (χ4v) is 1.85. The molecule has 0 aliphatic carbocycles. The van der Waals surface area contributed by atoms with Gasteiger partial charge >= 0.3 is 5.97 Å². The van der Waals surface area contributed by atoms with Crippen molar-refractivity contribution in [1.29, 1.82) is 0 Å². The molecule has 0 radical (unpaired) electrons. The van der Waals surface area contributed by atoms with E-state index in [-0.39, 0.29) is 5.97 Å². The molecule has 106 valence electrons. The Bertz CT molecular complexity index is 446. The number of nitrogens with zero attached hydrogens (tertiary/aromatic N) is 1. The minimum Gasteiger partial charge on any atom is -0.456 e. The Morgan fingerprint density at radius 3 is 2.26 bits per heavy atom. The lowest BCUT2D eigenvalue weighted by atomic mass is 10.1. The molecule has 2 N–H and O–H groups in total. The molecule has 0 spiro atoms. The highest BCUT2D eigenvalue weighted by molar-refractivity contribution is 5.96. The van der Waals surface area contributed by atoms with Crippen LogP contribution in [0.1, 0.15) is 45.0 Å². The van der Waals surface area contributed by atoms with Crippen LogP contribution in [-0.4, -0.2) is 24.7 Å². The minimum absolute atomic E-state index is 0.379. The fourth-order valence-electron chi connectivity index (χ4n) is 1.85. The quantitative estimate of drug-likeness (QED) is 0.670. The monoisotopic (exact) mass is 264 g/mol. The van der Waals surface area contributed by atoms with E-state index in [9.17, 15) is 4.79 Å². The molecule has 0 unspecified atom stereocenters. The van der Waals surface area contributed by atoms with Crippen molar-refractivity contribution < 1.29 is 9.53 Å². The number of nitrogen functional groups attached to an aromatic ring is 1. The number of ether oxygens (including phenoxy) is 1. The van der Waals surface area contributed by atoms with Gasteiger partial charge in [0.05, 0.1) is 5.56 Å². The number of anilines is 2. The lowest BCUT2D eigenvalue weighted by molar-refractivity contribution is 0.00708. The molecule has 0 saturated heterocycles. The first kappa shape index (κ1) is 15.3. The van der Waals surface area contributed by atoms with E-state index in [1.54, 1.807) is 6.07 Å². The summed E-state index contributed by atoms with van der Waals surface area (Å²) in [6.07, 6.45) is 0. The van der Waals surface area contributed by atoms with Crippen LogP contribution in [-0.2, 0) is 4.74 Å². The Balaban J connectivity index is 2.97. The van der Waals surface area contributed by atoms with Crippen LogP contribution in [0.15, 0.2) is 18.2 Å². The van der Waals surface area contributed by atoms with Crippen molar-refractivity contribution in [3.63, 3.8) is 0 Å². The lowest BCUT2D eigenvalue weighted by Gasteiger charge is -2.23. The van der Waals surface area contributed by atoms with Gasteiger partial charge in [-0.05, 0) is 52.8 Å². The SMILES string of the molecule is CCN(CC)c1ccc(C(=O)OC(C)(C)C)c(N)c1. The molecule has 1 rings (SSSR count). The van der Waals surface area contributed by atoms with Crippen molar-refractivity contribution >= 4 is 17.3 Å². The summed E-state index contributed by atoms with van der Waals surface area (Å²) >= 11 is 0. The highest BCUT2D eigenvalue weighted by Gasteiger charge is 2.20. The largest absolute Gasteiger partial charge is 0.456 e. The van der Waals surface area contributed by atoms with Gasteiger partial charge in [0.1, 0.15) is 5.60 Å². The average Bonchev–Trinajstić information content (AvgIpc) is 2.28. The van der Waals surface area contributed by atoms with Crippen molar-refractivity contribution in [3.8, 4) is 0 Å². The molecule has 19 heavy (non-hydrogen) atoms. The number of carbonyl (C=O) groups excluding carboxylic acids is 1. The van der Waals surface area contributed by atoms with Crippen LogP contribution in [0.5, 0.6) is 0 Å². The van der Waals surface area contributed by atoms with Gasteiger partial charge in [0, 0.05) is 24.5 Å². The molecule has 0 saturated carbocycles. The van der Waals surface area contributed by atoms with Gasteiger partial charge in [-0.15, -0.1) is 0 Å². The molecule has 0 atom stereocenters. The van der Waals surface area contributed by atoms with Crippen LogP contribution in [0.2, 0.25) is 0 Å². The van der Waals surface area contributed by atoms with Crippen molar-refractivity contribution in [2.75, 3.05) is 23.7 Å². The maximum atomic E-state index is 12.0. The van der Waals surface area contributed by atoms with Crippen molar-refractivity contribution in [1.82, 2.24) is 0 Å². The summed E-state index contributed by atoms with van der Waals surface area (Å²) in [4.78, 5) is 14.2. The molecule has 4 nitrogen and oxygen atoms in total. The van der Waals surface area contributed by atoms with E-state index in [2.05, 4.69) is 18.7 Å². The van der Waals surface area contributed by atoms with Gasteiger partial charge in [0.25, 0.3) is 0 Å². The Hall–Kier alpha value is -1.71. The first-order valence-electron chi connectivity index (χ1n) is 6.66. The topological polar surface area (TPSA) is 55.6 Å². The van der Waals surface area contributed by atoms with Crippen molar-refractivity contribution in [3.05, 3.63) is 23.8 Å². The molecule has 0 bridgehead atoms. The summed E-state index contributed by atoms with van der Waals surface area (Å²) in [5, 5.41) is 0. The standard InChI is InChI=1S/C15H24N2O2/c1-6-17(7-2)11-8-9-12(13(16)10-11)14(18)19-15(3,4)5/h8-10H,6-7,16H2,1-5H3. The fraction of sp³-hybridized carbons (Fsp3) is 0.533. The van der Waals surface area contributed by atoms with E-state index in [4.69, 9.17) is 10.5 Å². The van der Waals surface area contributed by atoms with Gasteiger partial charge < -0.3 is 15.4 Å². The third-order valence-electron chi connectivity index (χ3n) is 2.78. The van der Waals surface area contributed by atoms with Crippen molar-refractivity contribution in [2.24, 2.45) is 0 Å². The lowest BCUT2D eigenvalue weighted by Crippen LogP contribution is -2.25. The number of nitrogens with two attached hydrogens (primary N) is 1. The van der Waals surface area contributed by atoms with Crippen LogP contribution in [0, 0.1) is 0 Å². The molecule has 0 fully saturated rings. The van der Waals surface area contributed by atoms with E-state index in [1.165, 1.54) is 0 Å². The summed E-state index contributed by atoms with van der Waals surface area (Å²) in [5.74, 6) is -0.379. The van der Waals surface area contributed by atoms with Gasteiger partial charge in [-0.25, -0.2) is 4.79 Å². The molecule has 1 aromatic rings. The van der Waals surface area contributed by atoms with E-state index >= 15 is 0 Å². The Labute approximate surface area is 115 Å². The van der Waals surface area contributed by atoms with Gasteiger partial charge in [-0.3, -0.25) is 0 Å². The first-order valence-corrected chi connectivity index (χ1v) is 6.66. The third kappa shape index (κ3) is 4.16. The van der Waals surface area contributed by atoms with E-state index in [0.717, 1.165) is 18.8 Å². The van der Waals surface area contributed by atoms with Crippen LogP contribution in [0.3, 0.4) is 0 Å². The maximum Gasteiger partial charge on any atom is 0.340 e. The van der Waals surface area contributed by atoms with Gasteiger partial charge in [-0.2, -0.15) is 0 Å². The molecule has 0 aromatic heterocycles. The Morgan fingerprint density at radius 1 is 1.26 bits per heavy atom. The molecule has 4 heteroatoms. The second kappa shape index (κ2) is 5.95. The summed E-state index contributed by atoms with van der Waals surface area (Å²) in [6, 6.07) is 5.46. The molecular weight excluding hydrogens is 240 g/mol. The predicted octanol–water partition coefficient (Wildman–Crippen LogP) is 3.07. The summed E-state index contributed by atoms with van der Waals surface area (Å²) < 4.78 is 5.33. The Kier molecular flexibility index (Phi) is 4.81. The predicted molar refractivity (Wildman–Crippen MR) is 79.6 cm³/mol. The van der Waals surface area contributed by atoms with Crippen LogP contribution >= 0.6 is 0 Å². The number of esters is 1. The number of rotatable bonds is 4. The zero-order valence-electron chi connectivity index (χ0n) is 12.5. The van der Waals surface area contributed by atoms with E-state index in [1.807, 2.05) is 32.9 Å². The summed E-state index contributed by atoms with van der Waals surface area (Å²) in [7, 11) is 0. The summed E-state index contributed by atoms with van der Waals surface area (Å²) in [6.45, 7) is 11.5. The number of benzene rings is 1. The number of hydrogen-bond donors (Lipinski definition) is 1. The molecule has 0 amide bonds. The minimum atomic E-state index is -0.513. The smallest absolute Gasteiger partial charge is 0.340 e. The molecule has 0 heterocycles. The number of carbonyl (C=O) groups is 1. The second-order valence-electron chi connectivity index (χ2n) is 5.45. The number of hydrogen-bond acceptors (Lipinski definition) is 4. The molecular formula is C15H24N2O2. The zero-order valence-corrected chi connectivity index (χ0v) is 12.5. The zero-order chi connectivity index (χ0) is 14.6. The molecule has 1 aromatic carbocycles. The normalized spacial score (nSPS) is 11.2. The highest BCUT2D eigenvalue weighted by Crippen LogP contribution is 2.23. The van der Waals surface area contributed by atoms with Crippen molar-refractivity contribution in [2.45, 2.75) is 40.2 Å². The average molecular weight is 264 g/mol. The van der Waals surface area contributed by atoms with Gasteiger partial charge in [0.2, 0.25) is 0 Å². The van der Waals surface area contributed by atoms with Crippen LogP contribution in [0.25, 0.3) is 0 Å².